The zero-order valence-electron chi connectivity index (χ0n) is 15.0. The van der Waals surface area contributed by atoms with Gasteiger partial charge in [-0.05, 0) is 31.7 Å². The Hall–Kier alpha value is -2.37. The second kappa shape index (κ2) is 7.48. The van der Waals surface area contributed by atoms with E-state index in [1.165, 1.54) is 12.8 Å². The van der Waals surface area contributed by atoms with Crippen molar-refractivity contribution >= 4 is 16.8 Å². The number of nitrogens with zero attached hydrogens (tertiary/aromatic N) is 2. The van der Waals surface area contributed by atoms with Crippen LogP contribution in [0.25, 0.3) is 10.8 Å². The number of benzene rings is 1. The molecule has 4 rings (SSSR count). The minimum atomic E-state index is -0.151. The van der Waals surface area contributed by atoms with Crippen LogP contribution in [0, 0.1) is 0 Å². The number of fused-ring (bicyclic) bond motifs is 1. The highest BCUT2D eigenvalue weighted by Gasteiger charge is 2.22. The summed E-state index contributed by atoms with van der Waals surface area (Å²) in [5, 5.41) is 12.1. The van der Waals surface area contributed by atoms with E-state index >= 15 is 0 Å². The predicted molar refractivity (Wildman–Crippen MR) is 101 cm³/mol. The number of hydrogen-bond acceptors (Lipinski definition) is 3. The summed E-state index contributed by atoms with van der Waals surface area (Å²) in [5.74, 6) is 0. The van der Waals surface area contributed by atoms with E-state index < -0.39 is 0 Å². The molecule has 2 aliphatic carbocycles. The molecule has 2 aromatic rings. The van der Waals surface area contributed by atoms with Gasteiger partial charge in [0.15, 0.2) is 0 Å². The molecule has 2 fully saturated rings. The Bertz CT molecular complexity index is 849. The molecule has 1 heterocycles. The standard InChI is InChI=1S/C20H26N4O2/c25-19-17-12-6-5-11-16(17)18(23-24(19)15-9-3-4-10-15)13-21-20(26)22-14-7-1-2-8-14/h5-6,11-12,14-15H,1-4,7-10,13H2,(H2,21,22,26). The van der Waals surface area contributed by atoms with Crippen LogP contribution in [-0.4, -0.2) is 21.9 Å². The zero-order valence-corrected chi connectivity index (χ0v) is 15.0. The quantitative estimate of drug-likeness (QED) is 0.885. The van der Waals surface area contributed by atoms with E-state index in [1.54, 1.807) is 4.68 Å². The number of aromatic nitrogens is 2. The van der Waals surface area contributed by atoms with Gasteiger partial charge in [0.1, 0.15) is 0 Å². The fourth-order valence-electron chi connectivity index (χ4n) is 4.27. The van der Waals surface area contributed by atoms with Crippen LogP contribution in [-0.2, 0) is 6.54 Å². The largest absolute Gasteiger partial charge is 0.335 e. The maximum absolute atomic E-state index is 12.8. The lowest BCUT2D eigenvalue weighted by atomic mass is 10.1. The van der Waals surface area contributed by atoms with Crippen molar-refractivity contribution in [2.75, 3.05) is 0 Å². The van der Waals surface area contributed by atoms with E-state index in [4.69, 9.17) is 0 Å². The Labute approximate surface area is 153 Å². The third-order valence-electron chi connectivity index (χ3n) is 5.68. The van der Waals surface area contributed by atoms with Gasteiger partial charge in [-0.3, -0.25) is 4.79 Å². The van der Waals surface area contributed by atoms with Crippen molar-refractivity contribution in [3.05, 3.63) is 40.3 Å². The topological polar surface area (TPSA) is 76.0 Å². The third kappa shape index (κ3) is 3.45. The van der Waals surface area contributed by atoms with Crippen molar-refractivity contribution in [3.63, 3.8) is 0 Å². The Morgan fingerprint density at radius 2 is 1.69 bits per heavy atom. The van der Waals surface area contributed by atoms with Crippen LogP contribution >= 0.6 is 0 Å². The molecule has 0 spiro atoms. The van der Waals surface area contributed by atoms with Gasteiger partial charge in [0.2, 0.25) is 0 Å². The molecule has 0 radical (unpaired) electrons. The number of amides is 2. The normalized spacial score (nSPS) is 18.5. The van der Waals surface area contributed by atoms with Crippen LogP contribution in [0.1, 0.15) is 63.1 Å². The molecule has 26 heavy (non-hydrogen) atoms. The van der Waals surface area contributed by atoms with Crippen molar-refractivity contribution < 1.29 is 4.79 Å². The Kier molecular flexibility index (Phi) is 4.91. The van der Waals surface area contributed by atoms with E-state index in [9.17, 15) is 9.59 Å². The Morgan fingerprint density at radius 3 is 2.42 bits per heavy atom. The van der Waals surface area contributed by atoms with E-state index in [1.807, 2.05) is 24.3 Å². The van der Waals surface area contributed by atoms with Gasteiger partial charge >= 0.3 is 6.03 Å². The second-order valence-electron chi connectivity index (χ2n) is 7.49. The van der Waals surface area contributed by atoms with E-state index in [0.29, 0.717) is 11.9 Å². The lowest BCUT2D eigenvalue weighted by Gasteiger charge is -2.17. The number of urea groups is 1. The molecule has 2 saturated carbocycles. The van der Waals surface area contributed by atoms with E-state index in [-0.39, 0.29) is 23.7 Å². The first-order chi connectivity index (χ1) is 12.7. The van der Waals surface area contributed by atoms with Gasteiger partial charge in [-0.15, -0.1) is 0 Å². The highest BCUT2D eigenvalue weighted by atomic mass is 16.2. The Balaban J connectivity index is 1.57. The molecule has 2 amide bonds. The van der Waals surface area contributed by atoms with Crippen LogP contribution in [0.15, 0.2) is 29.1 Å². The molecule has 6 heteroatoms. The summed E-state index contributed by atoms with van der Waals surface area (Å²) in [6.07, 6.45) is 8.77. The van der Waals surface area contributed by atoms with Crippen molar-refractivity contribution in [2.45, 2.75) is 70.0 Å². The molecule has 0 atom stereocenters. The van der Waals surface area contributed by atoms with Gasteiger partial charge in [0.25, 0.3) is 5.56 Å². The average molecular weight is 354 g/mol. The molecule has 2 aliphatic rings. The van der Waals surface area contributed by atoms with Crippen LogP contribution in [0.2, 0.25) is 0 Å². The smallest absolute Gasteiger partial charge is 0.315 e. The number of rotatable bonds is 4. The summed E-state index contributed by atoms with van der Waals surface area (Å²) >= 11 is 0. The third-order valence-corrected chi connectivity index (χ3v) is 5.68. The highest BCUT2D eigenvalue weighted by Crippen LogP contribution is 2.28. The van der Waals surface area contributed by atoms with Gasteiger partial charge in [-0.2, -0.15) is 5.10 Å². The molecule has 0 unspecified atom stereocenters. The highest BCUT2D eigenvalue weighted by molar-refractivity contribution is 5.84. The van der Waals surface area contributed by atoms with Gasteiger partial charge in [0, 0.05) is 11.4 Å². The minimum Gasteiger partial charge on any atom is -0.335 e. The minimum absolute atomic E-state index is 0.0216. The van der Waals surface area contributed by atoms with E-state index in [2.05, 4.69) is 15.7 Å². The maximum atomic E-state index is 12.8. The summed E-state index contributed by atoms with van der Waals surface area (Å²) in [7, 11) is 0. The first-order valence-corrected chi connectivity index (χ1v) is 9.77. The number of nitrogens with one attached hydrogen (secondary N) is 2. The molecule has 1 aromatic heterocycles. The molecule has 2 N–H and O–H groups in total. The monoisotopic (exact) mass is 354 g/mol. The second-order valence-corrected chi connectivity index (χ2v) is 7.49. The predicted octanol–water partition coefficient (Wildman–Crippen LogP) is 3.25. The number of carbonyl (C=O) groups excluding carboxylic acids is 1. The SMILES string of the molecule is O=C(NCc1nn(C2CCCC2)c(=O)c2ccccc12)NC1CCCC1. The van der Waals surface area contributed by atoms with Crippen LogP contribution in [0.3, 0.4) is 0 Å². The Morgan fingerprint density at radius 1 is 1.04 bits per heavy atom. The fourth-order valence-corrected chi connectivity index (χ4v) is 4.27. The maximum Gasteiger partial charge on any atom is 0.315 e. The molecular weight excluding hydrogens is 328 g/mol. The van der Waals surface area contributed by atoms with Gasteiger partial charge < -0.3 is 10.6 Å². The summed E-state index contributed by atoms with van der Waals surface area (Å²) in [5.41, 5.74) is 0.736. The first-order valence-electron chi connectivity index (χ1n) is 9.77. The molecule has 0 bridgehead atoms. The molecule has 0 saturated heterocycles. The number of carbonyl (C=O) groups is 1. The summed E-state index contributed by atoms with van der Waals surface area (Å²) in [6.45, 7) is 0.325. The van der Waals surface area contributed by atoms with Crippen molar-refractivity contribution in [1.82, 2.24) is 20.4 Å². The molecule has 0 aliphatic heterocycles. The number of hydrogen-bond donors (Lipinski definition) is 2. The van der Waals surface area contributed by atoms with Crippen LogP contribution < -0.4 is 16.2 Å². The van der Waals surface area contributed by atoms with Crippen molar-refractivity contribution in [3.8, 4) is 0 Å². The first kappa shape index (κ1) is 17.1. The summed E-state index contributed by atoms with van der Waals surface area (Å²) in [6, 6.07) is 7.87. The summed E-state index contributed by atoms with van der Waals surface area (Å²) < 4.78 is 1.65. The van der Waals surface area contributed by atoms with Gasteiger partial charge in [-0.25, -0.2) is 9.48 Å². The van der Waals surface area contributed by atoms with Crippen LogP contribution in [0.4, 0.5) is 4.79 Å². The van der Waals surface area contributed by atoms with Gasteiger partial charge in [0.05, 0.1) is 23.7 Å². The lowest BCUT2D eigenvalue weighted by molar-refractivity contribution is 0.236. The lowest BCUT2D eigenvalue weighted by Crippen LogP contribution is -2.41. The summed E-state index contributed by atoms with van der Waals surface area (Å²) in [4.78, 5) is 25.0. The van der Waals surface area contributed by atoms with Gasteiger partial charge in [-0.1, -0.05) is 43.9 Å². The molecule has 1 aromatic carbocycles. The average Bonchev–Trinajstić information content (AvgIpc) is 3.35. The fraction of sp³-hybridized carbons (Fsp3) is 0.550. The zero-order chi connectivity index (χ0) is 17.9. The van der Waals surface area contributed by atoms with Crippen LogP contribution in [0.5, 0.6) is 0 Å². The molecule has 6 nitrogen and oxygen atoms in total. The molecule has 138 valence electrons. The molecular formula is C20H26N4O2. The van der Waals surface area contributed by atoms with Crippen molar-refractivity contribution in [1.29, 1.82) is 0 Å². The van der Waals surface area contributed by atoms with E-state index in [0.717, 1.165) is 49.6 Å². The van der Waals surface area contributed by atoms with Crippen molar-refractivity contribution in [2.24, 2.45) is 0 Å².